The van der Waals surface area contributed by atoms with E-state index in [2.05, 4.69) is 28.2 Å². The van der Waals surface area contributed by atoms with E-state index in [-0.39, 0.29) is 5.91 Å². The van der Waals surface area contributed by atoms with Gasteiger partial charge in [-0.1, -0.05) is 12.1 Å². The van der Waals surface area contributed by atoms with Gasteiger partial charge in [-0.3, -0.25) is 4.79 Å². The molecule has 1 aliphatic rings. The first kappa shape index (κ1) is 15.3. The summed E-state index contributed by atoms with van der Waals surface area (Å²) in [7, 11) is 0. The first-order valence-electron chi connectivity index (χ1n) is 7.06. The maximum atomic E-state index is 12.1. The number of ether oxygens (including phenoxy) is 1. The lowest BCUT2D eigenvalue weighted by atomic mass is 10.2. The van der Waals surface area contributed by atoms with Gasteiger partial charge in [0.15, 0.2) is 0 Å². The molecule has 0 spiro atoms. The van der Waals surface area contributed by atoms with Gasteiger partial charge >= 0.3 is 0 Å². The predicted molar refractivity (Wildman–Crippen MR) is 82.9 cm³/mol. The molecule has 0 saturated carbocycles. The van der Waals surface area contributed by atoms with Crippen LogP contribution in [0.2, 0.25) is 0 Å². The maximum absolute atomic E-state index is 12.1. The first-order valence-corrected chi connectivity index (χ1v) is 7.85. The lowest BCUT2D eigenvalue weighted by Crippen LogP contribution is -2.52. The summed E-state index contributed by atoms with van der Waals surface area (Å²) in [6.07, 6.45) is 1.30. The van der Waals surface area contributed by atoms with Crippen LogP contribution in [0.4, 0.5) is 0 Å². The molecule has 110 valence electrons. The third-order valence-electron chi connectivity index (χ3n) is 3.45. The smallest absolute Gasteiger partial charge is 0.223 e. The van der Waals surface area contributed by atoms with Gasteiger partial charge in [0.25, 0.3) is 0 Å². The second kappa shape index (κ2) is 7.64. The van der Waals surface area contributed by atoms with E-state index in [1.807, 2.05) is 29.2 Å². The SMILES string of the molecule is CC1CNCCN1C(=O)CCCOc1ccccc1Br. The number of carbonyl (C=O) groups is 1. The summed E-state index contributed by atoms with van der Waals surface area (Å²) in [6.45, 7) is 5.24. The van der Waals surface area contributed by atoms with Crippen LogP contribution < -0.4 is 10.1 Å². The van der Waals surface area contributed by atoms with Crippen molar-refractivity contribution >= 4 is 21.8 Å². The summed E-state index contributed by atoms with van der Waals surface area (Å²) in [5.41, 5.74) is 0. The minimum Gasteiger partial charge on any atom is -0.492 e. The van der Waals surface area contributed by atoms with Gasteiger partial charge in [-0.05, 0) is 41.4 Å². The molecule has 2 rings (SSSR count). The van der Waals surface area contributed by atoms with E-state index in [1.54, 1.807) is 0 Å². The predicted octanol–water partition coefficient (Wildman–Crippen LogP) is 2.43. The zero-order valence-corrected chi connectivity index (χ0v) is 13.4. The van der Waals surface area contributed by atoms with Gasteiger partial charge in [0.05, 0.1) is 11.1 Å². The van der Waals surface area contributed by atoms with E-state index in [0.717, 1.165) is 36.3 Å². The molecule has 5 heteroatoms. The Morgan fingerprint density at radius 3 is 3.05 bits per heavy atom. The number of carbonyl (C=O) groups excluding carboxylic acids is 1. The highest BCUT2D eigenvalue weighted by Gasteiger charge is 2.22. The van der Waals surface area contributed by atoms with E-state index in [1.165, 1.54) is 0 Å². The van der Waals surface area contributed by atoms with Crippen LogP contribution in [-0.4, -0.2) is 43.1 Å². The number of rotatable bonds is 5. The van der Waals surface area contributed by atoms with Crippen molar-refractivity contribution in [1.29, 1.82) is 0 Å². The third kappa shape index (κ3) is 4.21. The van der Waals surface area contributed by atoms with Crippen LogP contribution in [0.3, 0.4) is 0 Å². The molecule has 1 aromatic rings. The number of amides is 1. The number of nitrogens with one attached hydrogen (secondary N) is 1. The molecule has 1 atom stereocenters. The van der Waals surface area contributed by atoms with Gasteiger partial charge in [0.1, 0.15) is 5.75 Å². The van der Waals surface area contributed by atoms with Crippen molar-refractivity contribution in [1.82, 2.24) is 10.2 Å². The number of hydrogen-bond donors (Lipinski definition) is 1. The van der Waals surface area contributed by atoms with Crippen LogP contribution in [0.25, 0.3) is 0 Å². The largest absolute Gasteiger partial charge is 0.492 e. The fourth-order valence-electron chi connectivity index (χ4n) is 2.32. The van der Waals surface area contributed by atoms with Crippen molar-refractivity contribution in [3.63, 3.8) is 0 Å². The van der Waals surface area contributed by atoms with E-state index in [4.69, 9.17) is 4.74 Å². The molecule has 1 amide bonds. The van der Waals surface area contributed by atoms with Gasteiger partial charge in [-0.2, -0.15) is 0 Å². The molecule has 1 saturated heterocycles. The quantitative estimate of drug-likeness (QED) is 0.837. The molecular formula is C15H21BrN2O2. The van der Waals surface area contributed by atoms with Gasteiger partial charge in [0.2, 0.25) is 5.91 Å². The Bertz CT molecular complexity index is 453. The molecule has 0 bridgehead atoms. The maximum Gasteiger partial charge on any atom is 0.223 e. The highest BCUT2D eigenvalue weighted by Crippen LogP contribution is 2.23. The summed E-state index contributed by atoms with van der Waals surface area (Å²) in [5.74, 6) is 1.06. The lowest BCUT2D eigenvalue weighted by molar-refractivity contribution is -0.134. The minimum atomic E-state index is 0.231. The van der Waals surface area contributed by atoms with Gasteiger partial charge in [-0.25, -0.2) is 0 Å². The highest BCUT2D eigenvalue weighted by molar-refractivity contribution is 9.10. The molecular weight excluding hydrogens is 320 g/mol. The van der Waals surface area contributed by atoms with Gasteiger partial charge in [0, 0.05) is 32.1 Å². The highest BCUT2D eigenvalue weighted by atomic mass is 79.9. The Morgan fingerprint density at radius 2 is 2.30 bits per heavy atom. The lowest BCUT2D eigenvalue weighted by Gasteiger charge is -2.34. The van der Waals surface area contributed by atoms with Crippen molar-refractivity contribution in [2.45, 2.75) is 25.8 Å². The minimum absolute atomic E-state index is 0.231. The van der Waals surface area contributed by atoms with E-state index < -0.39 is 0 Å². The first-order chi connectivity index (χ1) is 9.68. The van der Waals surface area contributed by atoms with Crippen molar-refractivity contribution in [3.05, 3.63) is 28.7 Å². The van der Waals surface area contributed by atoms with E-state index >= 15 is 0 Å². The molecule has 1 heterocycles. The molecule has 0 radical (unpaired) electrons. The summed E-state index contributed by atoms with van der Waals surface area (Å²) in [5, 5.41) is 3.29. The molecule has 4 nitrogen and oxygen atoms in total. The third-order valence-corrected chi connectivity index (χ3v) is 4.11. The van der Waals surface area contributed by atoms with Crippen LogP contribution in [-0.2, 0) is 4.79 Å². The molecule has 20 heavy (non-hydrogen) atoms. The van der Waals surface area contributed by atoms with Crippen LogP contribution in [0.15, 0.2) is 28.7 Å². The number of piperazine rings is 1. The Kier molecular flexibility index (Phi) is 5.86. The fraction of sp³-hybridized carbons (Fsp3) is 0.533. The molecule has 1 fully saturated rings. The van der Waals surface area contributed by atoms with Crippen molar-refractivity contribution in [3.8, 4) is 5.75 Å². The Hall–Kier alpha value is -1.07. The zero-order chi connectivity index (χ0) is 14.4. The molecule has 1 aromatic carbocycles. The summed E-state index contributed by atoms with van der Waals surface area (Å²) in [6, 6.07) is 8.05. The number of hydrogen-bond acceptors (Lipinski definition) is 3. The van der Waals surface area contributed by atoms with Crippen molar-refractivity contribution in [2.75, 3.05) is 26.2 Å². The second-order valence-corrected chi connectivity index (χ2v) is 5.88. The van der Waals surface area contributed by atoms with Crippen LogP contribution >= 0.6 is 15.9 Å². The number of halogens is 1. The molecule has 0 aliphatic carbocycles. The number of benzene rings is 1. The molecule has 1 N–H and O–H groups in total. The Morgan fingerprint density at radius 1 is 1.50 bits per heavy atom. The summed E-state index contributed by atoms with van der Waals surface area (Å²) in [4.78, 5) is 14.1. The van der Waals surface area contributed by atoms with Gasteiger partial charge < -0.3 is 15.0 Å². The van der Waals surface area contributed by atoms with Crippen LogP contribution in [0.1, 0.15) is 19.8 Å². The average Bonchev–Trinajstić information content (AvgIpc) is 2.45. The van der Waals surface area contributed by atoms with Crippen molar-refractivity contribution < 1.29 is 9.53 Å². The average molecular weight is 341 g/mol. The standard InChI is InChI=1S/C15H21BrN2O2/c1-12-11-17-8-9-18(12)15(19)7-4-10-20-14-6-3-2-5-13(14)16/h2-3,5-6,12,17H,4,7-11H2,1H3. The van der Waals surface area contributed by atoms with Crippen LogP contribution in [0.5, 0.6) is 5.75 Å². The monoisotopic (exact) mass is 340 g/mol. The molecule has 1 aliphatic heterocycles. The second-order valence-electron chi connectivity index (χ2n) is 5.02. The van der Waals surface area contributed by atoms with E-state index in [9.17, 15) is 4.79 Å². The van der Waals surface area contributed by atoms with Gasteiger partial charge in [-0.15, -0.1) is 0 Å². The normalized spacial score (nSPS) is 18.9. The molecule has 1 unspecified atom stereocenters. The van der Waals surface area contributed by atoms with Crippen molar-refractivity contribution in [2.24, 2.45) is 0 Å². The number of nitrogens with zero attached hydrogens (tertiary/aromatic N) is 1. The zero-order valence-electron chi connectivity index (χ0n) is 11.8. The topological polar surface area (TPSA) is 41.6 Å². The fourth-order valence-corrected chi connectivity index (χ4v) is 2.72. The molecule has 0 aromatic heterocycles. The summed E-state index contributed by atoms with van der Waals surface area (Å²) < 4.78 is 6.62. The Balaban J connectivity index is 1.70. The Labute approximate surface area is 128 Å². The van der Waals surface area contributed by atoms with Crippen LogP contribution in [0, 0.1) is 0 Å². The number of para-hydroxylation sites is 1. The van der Waals surface area contributed by atoms with E-state index in [0.29, 0.717) is 19.1 Å². The summed E-state index contributed by atoms with van der Waals surface area (Å²) >= 11 is 3.44.